The molecule has 1 N–H and O–H groups in total. The highest BCUT2D eigenvalue weighted by Crippen LogP contribution is 2.25. The highest BCUT2D eigenvalue weighted by molar-refractivity contribution is 5.92. The summed E-state index contributed by atoms with van der Waals surface area (Å²) in [7, 11) is 0. The maximum Gasteiger partial charge on any atom is 0.573 e. The summed E-state index contributed by atoms with van der Waals surface area (Å²) in [5.74, 6) is -0.181. The van der Waals surface area contributed by atoms with Gasteiger partial charge in [0.25, 0.3) is 0 Å². The number of para-hydroxylation sites is 2. The number of carbonyl (C=O) groups excluding carboxylic acids is 1. The molecule has 1 amide bonds. The molecule has 0 saturated carbocycles. The van der Waals surface area contributed by atoms with E-state index in [1.165, 1.54) is 12.1 Å². The zero-order valence-electron chi connectivity index (χ0n) is 15.4. The summed E-state index contributed by atoms with van der Waals surface area (Å²) in [6.45, 7) is -0.0484. The lowest BCUT2D eigenvalue weighted by molar-refractivity contribution is -0.274. The number of hydrogen-bond donors (Lipinski definition) is 1. The van der Waals surface area contributed by atoms with Gasteiger partial charge in [-0.05, 0) is 48.5 Å². The number of hydrogen-bond acceptors (Lipinski definition) is 4. The van der Waals surface area contributed by atoms with Gasteiger partial charge >= 0.3 is 6.36 Å². The molecule has 0 unspecified atom stereocenters. The predicted octanol–water partition coefficient (Wildman–Crippen LogP) is 4.64. The number of anilines is 1. The molecule has 9 heteroatoms. The molecule has 0 fully saturated rings. The fourth-order valence-electron chi connectivity index (χ4n) is 3.01. The molecule has 0 aliphatic heterocycles. The molecule has 0 bridgehead atoms. The van der Waals surface area contributed by atoms with Crippen LogP contribution >= 0.6 is 0 Å². The third-order valence-electron chi connectivity index (χ3n) is 4.22. The van der Waals surface area contributed by atoms with Crippen molar-refractivity contribution in [2.45, 2.75) is 12.9 Å². The first-order valence-corrected chi connectivity index (χ1v) is 8.91. The van der Waals surface area contributed by atoms with Crippen molar-refractivity contribution in [2.75, 3.05) is 5.32 Å². The lowest BCUT2D eigenvalue weighted by atomic mass is 10.3. The summed E-state index contributed by atoms with van der Waals surface area (Å²) in [4.78, 5) is 21.5. The first-order chi connectivity index (χ1) is 14.4. The van der Waals surface area contributed by atoms with E-state index in [0.29, 0.717) is 17.2 Å². The van der Waals surface area contributed by atoms with Gasteiger partial charge in [-0.25, -0.2) is 4.98 Å². The van der Waals surface area contributed by atoms with Crippen LogP contribution in [0.25, 0.3) is 22.6 Å². The molecule has 0 spiro atoms. The van der Waals surface area contributed by atoms with Crippen molar-refractivity contribution in [3.05, 3.63) is 72.9 Å². The van der Waals surface area contributed by atoms with Crippen molar-refractivity contribution in [1.29, 1.82) is 0 Å². The molecular formula is C21H15F3N4O2. The Morgan fingerprint density at radius 3 is 2.43 bits per heavy atom. The molecule has 4 aromatic rings. The number of ether oxygens (including phenoxy) is 1. The van der Waals surface area contributed by atoms with Crippen molar-refractivity contribution >= 4 is 22.6 Å². The van der Waals surface area contributed by atoms with Gasteiger partial charge in [-0.3, -0.25) is 9.78 Å². The Balaban J connectivity index is 1.56. The summed E-state index contributed by atoms with van der Waals surface area (Å²) in [5.41, 5.74) is 2.45. The molecule has 2 aromatic heterocycles. The minimum atomic E-state index is -4.77. The Morgan fingerprint density at radius 1 is 1.00 bits per heavy atom. The second-order valence-electron chi connectivity index (χ2n) is 6.35. The van der Waals surface area contributed by atoms with Crippen LogP contribution in [0.5, 0.6) is 5.75 Å². The molecule has 30 heavy (non-hydrogen) atoms. The van der Waals surface area contributed by atoms with Crippen molar-refractivity contribution in [1.82, 2.24) is 14.5 Å². The van der Waals surface area contributed by atoms with Crippen molar-refractivity contribution in [3.63, 3.8) is 0 Å². The zero-order valence-corrected chi connectivity index (χ0v) is 15.4. The third-order valence-corrected chi connectivity index (χ3v) is 4.22. The first kappa shape index (κ1) is 19.4. The molecule has 152 valence electrons. The smallest absolute Gasteiger partial charge is 0.406 e. The summed E-state index contributed by atoms with van der Waals surface area (Å²) in [5, 5.41) is 2.67. The van der Waals surface area contributed by atoms with Crippen molar-refractivity contribution in [3.8, 4) is 17.3 Å². The number of aromatic nitrogens is 3. The lowest BCUT2D eigenvalue weighted by Gasteiger charge is -2.11. The van der Waals surface area contributed by atoms with Crippen LogP contribution in [0.4, 0.5) is 18.9 Å². The van der Waals surface area contributed by atoms with Crippen LogP contribution in [0, 0.1) is 0 Å². The number of pyridine rings is 1. The summed E-state index contributed by atoms with van der Waals surface area (Å²) in [6, 6.07) is 17.8. The van der Waals surface area contributed by atoms with Crippen LogP contribution in [0.2, 0.25) is 0 Å². The number of carbonyl (C=O) groups is 1. The standard InChI is InChI=1S/C21H15F3N4O2/c22-21(23,24)30-15-10-8-14(9-11-15)26-19(29)13-28-18-7-2-1-5-16(18)27-20(28)17-6-3-4-12-25-17/h1-12H,13H2,(H,26,29). The SMILES string of the molecule is O=C(Cn1c(-c2ccccn2)nc2ccccc21)Nc1ccc(OC(F)(F)F)cc1. The largest absolute Gasteiger partial charge is 0.573 e. The molecule has 2 aromatic carbocycles. The third kappa shape index (κ3) is 4.40. The number of imidazole rings is 1. The molecule has 6 nitrogen and oxygen atoms in total. The van der Waals surface area contributed by atoms with Crippen LogP contribution in [-0.4, -0.2) is 26.8 Å². The monoisotopic (exact) mass is 412 g/mol. The van der Waals surface area contributed by atoms with Crippen LogP contribution in [0.1, 0.15) is 0 Å². The van der Waals surface area contributed by atoms with E-state index < -0.39 is 6.36 Å². The van der Waals surface area contributed by atoms with Gasteiger partial charge in [0.05, 0.1) is 11.0 Å². The van der Waals surface area contributed by atoms with Crippen LogP contribution in [0.15, 0.2) is 72.9 Å². The quantitative estimate of drug-likeness (QED) is 0.519. The van der Waals surface area contributed by atoms with Gasteiger partial charge in [0.1, 0.15) is 18.0 Å². The van der Waals surface area contributed by atoms with Gasteiger partial charge in [0.2, 0.25) is 5.91 Å². The van der Waals surface area contributed by atoms with E-state index in [1.54, 1.807) is 22.9 Å². The zero-order chi connectivity index (χ0) is 21.1. The second kappa shape index (κ2) is 7.86. The van der Waals surface area contributed by atoms with Gasteiger partial charge in [-0.1, -0.05) is 18.2 Å². The molecule has 2 heterocycles. The van der Waals surface area contributed by atoms with Gasteiger partial charge in [0, 0.05) is 11.9 Å². The van der Waals surface area contributed by atoms with Crippen LogP contribution in [0.3, 0.4) is 0 Å². The molecular weight excluding hydrogens is 397 g/mol. The summed E-state index contributed by atoms with van der Waals surface area (Å²) >= 11 is 0. The number of halogens is 3. The lowest BCUT2D eigenvalue weighted by Crippen LogP contribution is -2.19. The topological polar surface area (TPSA) is 69.0 Å². The van der Waals surface area contributed by atoms with E-state index in [-0.39, 0.29) is 18.2 Å². The fourth-order valence-corrected chi connectivity index (χ4v) is 3.01. The highest BCUT2D eigenvalue weighted by atomic mass is 19.4. The van der Waals surface area contributed by atoms with Gasteiger partial charge in [-0.15, -0.1) is 13.2 Å². The number of amides is 1. The normalized spacial score (nSPS) is 11.4. The number of fused-ring (bicyclic) bond motifs is 1. The summed E-state index contributed by atoms with van der Waals surface area (Å²) < 4.78 is 42.4. The number of alkyl halides is 3. The minimum absolute atomic E-state index is 0.0484. The Morgan fingerprint density at radius 2 is 1.73 bits per heavy atom. The van der Waals surface area contributed by atoms with E-state index in [4.69, 9.17) is 0 Å². The van der Waals surface area contributed by atoms with E-state index >= 15 is 0 Å². The number of nitrogens with one attached hydrogen (secondary N) is 1. The van der Waals surface area contributed by atoms with Gasteiger partial charge < -0.3 is 14.6 Å². The van der Waals surface area contributed by atoms with E-state index in [9.17, 15) is 18.0 Å². The second-order valence-corrected chi connectivity index (χ2v) is 6.35. The van der Waals surface area contributed by atoms with Crippen molar-refractivity contribution in [2.24, 2.45) is 0 Å². The Kier molecular flexibility index (Phi) is 5.09. The number of nitrogens with zero attached hydrogens (tertiary/aromatic N) is 3. The van der Waals surface area contributed by atoms with Crippen molar-refractivity contribution < 1.29 is 22.7 Å². The predicted molar refractivity (Wildman–Crippen MR) is 105 cm³/mol. The molecule has 0 atom stereocenters. The molecule has 0 aliphatic carbocycles. The average Bonchev–Trinajstić information content (AvgIpc) is 3.07. The molecule has 0 saturated heterocycles. The number of rotatable bonds is 5. The Hall–Kier alpha value is -3.88. The first-order valence-electron chi connectivity index (χ1n) is 8.91. The molecule has 0 aliphatic rings. The molecule has 0 radical (unpaired) electrons. The van der Waals surface area contributed by atoms with Gasteiger partial charge in [-0.2, -0.15) is 0 Å². The van der Waals surface area contributed by atoms with E-state index in [2.05, 4.69) is 20.0 Å². The maximum absolute atomic E-state index is 12.6. The minimum Gasteiger partial charge on any atom is -0.406 e. The number of benzene rings is 2. The highest BCUT2D eigenvalue weighted by Gasteiger charge is 2.31. The maximum atomic E-state index is 12.6. The average molecular weight is 412 g/mol. The van der Waals surface area contributed by atoms with Crippen LogP contribution < -0.4 is 10.1 Å². The Labute approximate surface area is 169 Å². The summed E-state index contributed by atoms with van der Waals surface area (Å²) in [6.07, 6.45) is -3.13. The molecule has 4 rings (SSSR count). The van der Waals surface area contributed by atoms with E-state index in [0.717, 1.165) is 23.2 Å². The van der Waals surface area contributed by atoms with Crippen LogP contribution in [-0.2, 0) is 11.3 Å². The van der Waals surface area contributed by atoms with Gasteiger partial charge in [0.15, 0.2) is 5.82 Å². The van der Waals surface area contributed by atoms with E-state index in [1.807, 2.05) is 30.3 Å². The Bertz CT molecular complexity index is 1170. The fraction of sp³-hybridized carbons (Fsp3) is 0.0952.